The van der Waals surface area contributed by atoms with Gasteiger partial charge >= 0.3 is 0 Å². The van der Waals surface area contributed by atoms with E-state index in [9.17, 15) is 5.11 Å². The standard InChI is InChI=1S/C29H36N4O2/c1-28-12-10-19(34)14-18(28)6-9-21-23(28)11-13-29(2)24(21)15-22-25(17-4-7-20(35-3)8-5-17)33-27(30-16-31-33)32-26(22)29/h4-5,7-8,16,18-19,21,23-24,34H,6,9-15H2,1-3H3/t18?,19-,21?,23?,24?,28-,29-/m0/s1. The first-order chi connectivity index (χ1) is 16.9. The Morgan fingerprint density at radius 3 is 2.66 bits per heavy atom. The summed E-state index contributed by atoms with van der Waals surface area (Å²) in [6.07, 6.45) is 10.8. The third-order valence-corrected chi connectivity index (χ3v) is 10.9. The van der Waals surface area contributed by atoms with Crippen molar-refractivity contribution in [1.82, 2.24) is 19.6 Å². The summed E-state index contributed by atoms with van der Waals surface area (Å²) >= 11 is 0. The van der Waals surface area contributed by atoms with Crippen LogP contribution in [0.25, 0.3) is 17.0 Å². The van der Waals surface area contributed by atoms with Gasteiger partial charge in [0.25, 0.3) is 5.78 Å². The van der Waals surface area contributed by atoms with Crippen LogP contribution in [0.4, 0.5) is 0 Å². The van der Waals surface area contributed by atoms with Crippen LogP contribution in [-0.4, -0.2) is 37.9 Å². The lowest BCUT2D eigenvalue weighted by molar-refractivity contribution is -0.111. The summed E-state index contributed by atoms with van der Waals surface area (Å²) in [7, 11) is 1.71. The number of aliphatic hydroxyl groups excluding tert-OH is 1. The van der Waals surface area contributed by atoms with Crippen LogP contribution in [0.5, 0.6) is 5.75 Å². The molecule has 7 rings (SSSR count). The Kier molecular flexibility index (Phi) is 4.68. The molecule has 184 valence electrons. The summed E-state index contributed by atoms with van der Waals surface area (Å²) in [4.78, 5) is 9.70. The number of fused-ring (bicyclic) bond motifs is 8. The molecule has 2 heterocycles. The number of methoxy groups -OCH3 is 1. The molecule has 6 nitrogen and oxygen atoms in total. The van der Waals surface area contributed by atoms with Crippen LogP contribution in [0, 0.1) is 29.1 Å². The first-order valence-electron chi connectivity index (χ1n) is 13.5. The maximum absolute atomic E-state index is 10.4. The van der Waals surface area contributed by atoms with E-state index < -0.39 is 0 Å². The van der Waals surface area contributed by atoms with E-state index in [2.05, 4.69) is 36.1 Å². The molecule has 1 aromatic carbocycles. The maximum Gasteiger partial charge on any atom is 0.252 e. The van der Waals surface area contributed by atoms with Gasteiger partial charge in [0.15, 0.2) is 0 Å². The lowest BCUT2D eigenvalue weighted by Gasteiger charge is -2.60. The van der Waals surface area contributed by atoms with Crippen LogP contribution in [0.15, 0.2) is 30.6 Å². The number of nitrogens with zero attached hydrogens (tertiary/aromatic N) is 4. The van der Waals surface area contributed by atoms with E-state index in [1.807, 2.05) is 16.6 Å². The zero-order chi connectivity index (χ0) is 23.9. The maximum atomic E-state index is 10.4. The SMILES string of the molecule is COc1ccc(-c2c3c(nc4ncnn24)[C@@]2(C)CCC4C(CCC5C[C@@H](O)CC[C@@]54C)C2C3)cc1. The molecule has 3 saturated carbocycles. The highest BCUT2D eigenvalue weighted by Crippen LogP contribution is 2.65. The largest absolute Gasteiger partial charge is 0.497 e. The van der Waals surface area contributed by atoms with Crippen molar-refractivity contribution < 1.29 is 9.84 Å². The molecule has 4 aliphatic rings. The minimum atomic E-state index is -0.0887. The lowest BCUT2D eigenvalue weighted by Crippen LogP contribution is -2.54. The molecule has 0 aliphatic heterocycles. The molecule has 0 bridgehead atoms. The van der Waals surface area contributed by atoms with Gasteiger partial charge in [-0.2, -0.15) is 14.6 Å². The highest BCUT2D eigenvalue weighted by atomic mass is 16.5. The normalized spacial score (nSPS) is 37.9. The van der Waals surface area contributed by atoms with Gasteiger partial charge < -0.3 is 9.84 Å². The van der Waals surface area contributed by atoms with Crippen molar-refractivity contribution in [1.29, 1.82) is 0 Å². The van der Waals surface area contributed by atoms with Crippen LogP contribution < -0.4 is 4.74 Å². The molecule has 6 heteroatoms. The van der Waals surface area contributed by atoms with E-state index in [4.69, 9.17) is 9.72 Å². The number of rotatable bonds is 2. The smallest absolute Gasteiger partial charge is 0.252 e. The Bertz CT molecular complexity index is 1290. The Morgan fingerprint density at radius 2 is 1.86 bits per heavy atom. The van der Waals surface area contributed by atoms with Gasteiger partial charge in [0.05, 0.1) is 24.6 Å². The van der Waals surface area contributed by atoms with Gasteiger partial charge in [0.2, 0.25) is 0 Å². The quantitative estimate of drug-likeness (QED) is 0.554. The van der Waals surface area contributed by atoms with Gasteiger partial charge in [-0.3, -0.25) is 0 Å². The first-order valence-corrected chi connectivity index (χ1v) is 13.5. The minimum Gasteiger partial charge on any atom is -0.497 e. The van der Waals surface area contributed by atoms with Crippen molar-refractivity contribution >= 4 is 5.78 Å². The molecule has 0 spiro atoms. The minimum absolute atomic E-state index is 0.0861. The van der Waals surface area contributed by atoms with Crippen molar-refractivity contribution in [2.45, 2.75) is 76.7 Å². The third-order valence-electron chi connectivity index (χ3n) is 10.9. The van der Waals surface area contributed by atoms with Gasteiger partial charge in [-0.25, -0.2) is 4.98 Å². The summed E-state index contributed by atoms with van der Waals surface area (Å²) in [6, 6.07) is 8.35. The molecule has 3 aromatic rings. The Morgan fingerprint density at radius 1 is 1.03 bits per heavy atom. The average molecular weight is 473 g/mol. The molecule has 4 unspecified atom stereocenters. The highest BCUT2D eigenvalue weighted by molar-refractivity contribution is 5.69. The van der Waals surface area contributed by atoms with Crippen molar-refractivity contribution in [3.8, 4) is 17.0 Å². The summed E-state index contributed by atoms with van der Waals surface area (Å²) in [5, 5.41) is 15.0. The Hall–Kier alpha value is -2.47. The van der Waals surface area contributed by atoms with E-state index in [0.29, 0.717) is 23.0 Å². The topological polar surface area (TPSA) is 72.5 Å². The molecule has 4 aliphatic carbocycles. The molecule has 7 atom stereocenters. The number of benzene rings is 1. The monoisotopic (exact) mass is 472 g/mol. The second-order valence-corrected chi connectivity index (χ2v) is 12.2. The first kappa shape index (κ1) is 21.8. The Balaban J connectivity index is 1.33. The molecule has 1 N–H and O–H groups in total. The summed E-state index contributed by atoms with van der Waals surface area (Å²) in [5.74, 6) is 4.34. The van der Waals surface area contributed by atoms with Crippen molar-refractivity contribution in [3.05, 3.63) is 41.9 Å². The van der Waals surface area contributed by atoms with Gasteiger partial charge in [0, 0.05) is 16.5 Å². The van der Waals surface area contributed by atoms with Crippen LogP contribution in [0.3, 0.4) is 0 Å². The zero-order valence-corrected chi connectivity index (χ0v) is 21.1. The predicted molar refractivity (Wildman–Crippen MR) is 134 cm³/mol. The molecule has 0 amide bonds. The summed E-state index contributed by atoms with van der Waals surface area (Å²) in [5.41, 5.74) is 5.39. The molecule has 3 fully saturated rings. The fraction of sp³-hybridized carbons (Fsp3) is 0.621. The second kappa shape index (κ2) is 7.52. The molecule has 2 aromatic heterocycles. The van der Waals surface area contributed by atoms with E-state index >= 15 is 0 Å². The van der Waals surface area contributed by atoms with Gasteiger partial charge in [-0.1, -0.05) is 13.8 Å². The van der Waals surface area contributed by atoms with E-state index in [-0.39, 0.29) is 11.5 Å². The van der Waals surface area contributed by atoms with Crippen LogP contribution >= 0.6 is 0 Å². The van der Waals surface area contributed by atoms with Crippen molar-refractivity contribution in [2.24, 2.45) is 29.1 Å². The molecule has 0 saturated heterocycles. The van der Waals surface area contributed by atoms with Gasteiger partial charge in [-0.05, 0) is 105 Å². The average Bonchev–Trinajstić information content (AvgIpc) is 3.45. The number of aliphatic hydroxyl groups is 1. The fourth-order valence-corrected chi connectivity index (χ4v) is 9.03. The number of aromatic nitrogens is 4. The van der Waals surface area contributed by atoms with Crippen LogP contribution in [0.1, 0.15) is 70.1 Å². The highest BCUT2D eigenvalue weighted by Gasteiger charge is 2.60. The van der Waals surface area contributed by atoms with Gasteiger partial charge in [0.1, 0.15) is 12.1 Å². The number of hydrogen-bond donors (Lipinski definition) is 1. The van der Waals surface area contributed by atoms with Crippen molar-refractivity contribution in [2.75, 3.05) is 7.11 Å². The zero-order valence-electron chi connectivity index (χ0n) is 21.1. The number of ether oxygens (including phenoxy) is 1. The molecular formula is C29H36N4O2. The molecule has 0 radical (unpaired) electrons. The second-order valence-electron chi connectivity index (χ2n) is 12.2. The van der Waals surface area contributed by atoms with Crippen molar-refractivity contribution in [3.63, 3.8) is 0 Å². The number of hydrogen-bond acceptors (Lipinski definition) is 5. The van der Waals surface area contributed by atoms with Crippen LogP contribution in [0.2, 0.25) is 0 Å². The van der Waals surface area contributed by atoms with Gasteiger partial charge in [-0.15, -0.1) is 0 Å². The molecular weight excluding hydrogens is 436 g/mol. The van der Waals surface area contributed by atoms with E-state index in [1.165, 1.54) is 43.4 Å². The third kappa shape index (κ3) is 2.95. The predicted octanol–water partition coefficient (Wildman–Crippen LogP) is 5.22. The summed E-state index contributed by atoms with van der Waals surface area (Å²) in [6.45, 7) is 5.04. The lowest BCUT2D eigenvalue weighted by atomic mass is 9.45. The summed E-state index contributed by atoms with van der Waals surface area (Å²) < 4.78 is 7.36. The van der Waals surface area contributed by atoms with E-state index in [0.717, 1.165) is 48.1 Å². The van der Waals surface area contributed by atoms with Crippen LogP contribution in [-0.2, 0) is 11.8 Å². The fourth-order valence-electron chi connectivity index (χ4n) is 9.03. The van der Waals surface area contributed by atoms with E-state index in [1.54, 1.807) is 13.4 Å². The Labute approximate surface area is 207 Å². The molecule has 35 heavy (non-hydrogen) atoms.